The molecule has 0 heterocycles. The first kappa shape index (κ1) is 24.7. The standard InChI is InChI=1S/C25H34ClN3O2/c1-16(2)18(5)29(25(31)17(3)4)15-19-14-20(12-13-23(19)28(6)7)27-24(30)21-10-8-9-11-22(21)26/h8-14,16-18H,15H2,1-7H3,(H,27,30)/t18-/m0/s1. The first-order valence-electron chi connectivity index (χ1n) is 10.7. The van der Waals surface area contributed by atoms with Crippen molar-refractivity contribution in [1.29, 1.82) is 0 Å². The smallest absolute Gasteiger partial charge is 0.257 e. The molecule has 0 saturated carbocycles. The van der Waals surface area contributed by atoms with Crippen LogP contribution in [0.2, 0.25) is 5.02 Å². The predicted octanol–water partition coefficient (Wildman–Crippen LogP) is 5.69. The molecule has 0 aliphatic rings. The summed E-state index contributed by atoms with van der Waals surface area (Å²) in [6.07, 6.45) is 0. The molecule has 0 aliphatic carbocycles. The molecule has 0 spiro atoms. The minimum Gasteiger partial charge on any atom is -0.377 e. The molecule has 1 atom stereocenters. The van der Waals surface area contributed by atoms with Crippen molar-refractivity contribution in [2.24, 2.45) is 11.8 Å². The fraction of sp³-hybridized carbons (Fsp3) is 0.440. The molecule has 0 unspecified atom stereocenters. The van der Waals surface area contributed by atoms with Crippen molar-refractivity contribution in [2.45, 2.75) is 47.2 Å². The van der Waals surface area contributed by atoms with Crippen LogP contribution >= 0.6 is 11.6 Å². The van der Waals surface area contributed by atoms with Gasteiger partial charge in [0, 0.05) is 44.0 Å². The third-order valence-electron chi connectivity index (χ3n) is 5.51. The van der Waals surface area contributed by atoms with Crippen LogP contribution in [0.4, 0.5) is 11.4 Å². The van der Waals surface area contributed by atoms with Gasteiger partial charge in [0.25, 0.3) is 5.91 Å². The molecule has 0 aromatic heterocycles. The van der Waals surface area contributed by atoms with Gasteiger partial charge in [0.1, 0.15) is 0 Å². The van der Waals surface area contributed by atoms with E-state index in [0.29, 0.717) is 28.7 Å². The van der Waals surface area contributed by atoms with E-state index in [0.717, 1.165) is 11.3 Å². The number of rotatable bonds is 8. The van der Waals surface area contributed by atoms with E-state index in [2.05, 4.69) is 26.1 Å². The molecule has 0 fully saturated rings. The van der Waals surface area contributed by atoms with E-state index in [1.165, 1.54) is 0 Å². The number of nitrogens with one attached hydrogen (secondary N) is 1. The summed E-state index contributed by atoms with van der Waals surface area (Å²) < 4.78 is 0. The Bertz CT molecular complexity index is 925. The summed E-state index contributed by atoms with van der Waals surface area (Å²) in [6, 6.07) is 12.8. The number of amides is 2. The maximum atomic E-state index is 13.0. The Labute approximate surface area is 191 Å². The van der Waals surface area contributed by atoms with Gasteiger partial charge in [-0.3, -0.25) is 9.59 Å². The highest BCUT2D eigenvalue weighted by Gasteiger charge is 2.26. The van der Waals surface area contributed by atoms with Gasteiger partial charge in [-0.2, -0.15) is 0 Å². The Morgan fingerprint density at radius 3 is 2.19 bits per heavy atom. The fourth-order valence-electron chi connectivity index (χ4n) is 3.37. The van der Waals surface area contributed by atoms with Crippen molar-refractivity contribution < 1.29 is 9.59 Å². The predicted molar refractivity (Wildman–Crippen MR) is 130 cm³/mol. The summed E-state index contributed by atoms with van der Waals surface area (Å²) in [6.45, 7) is 10.7. The number of halogens is 1. The topological polar surface area (TPSA) is 52.7 Å². The Morgan fingerprint density at radius 2 is 1.65 bits per heavy atom. The average Bonchev–Trinajstić information content (AvgIpc) is 2.71. The van der Waals surface area contributed by atoms with Gasteiger partial charge < -0.3 is 15.1 Å². The molecular formula is C25H34ClN3O2. The highest BCUT2D eigenvalue weighted by Crippen LogP contribution is 2.28. The van der Waals surface area contributed by atoms with E-state index in [1.807, 2.05) is 55.9 Å². The fourth-order valence-corrected chi connectivity index (χ4v) is 3.59. The van der Waals surface area contributed by atoms with Crippen LogP contribution < -0.4 is 10.2 Å². The maximum Gasteiger partial charge on any atom is 0.257 e. The summed E-state index contributed by atoms with van der Waals surface area (Å²) in [7, 11) is 3.95. The molecule has 0 aliphatic heterocycles. The number of hydrogen-bond acceptors (Lipinski definition) is 3. The second kappa shape index (κ2) is 10.7. The van der Waals surface area contributed by atoms with Crippen molar-refractivity contribution in [3.63, 3.8) is 0 Å². The zero-order valence-electron chi connectivity index (χ0n) is 19.6. The van der Waals surface area contributed by atoms with Crippen molar-refractivity contribution >= 4 is 34.8 Å². The van der Waals surface area contributed by atoms with Crippen LogP contribution in [-0.4, -0.2) is 36.9 Å². The van der Waals surface area contributed by atoms with Crippen LogP contribution in [-0.2, 0) is 11.3 Å². The number of benzene rings is 2. The van der Waals surface area contributed by atoms with Gasteiger partial charge in [-0.25, -0.2) is 0 Å². The third kappa shape index (κ3) is 6.23. The van der Waals surface area contributed by atoms with Crippen molar-refractivity contribution in [3.8, 4) is 0 Å². The SMILES string of the molecule is CC(C)C(=O)N(Cc1cc(NC(=O)c2ccccc2Cl)ccc1N(C)C)[C@@H](C)C(C)C. The molecule has 0 radical (unpaired) electrons. The van der Waals surface area contributed by atoms with Crippen LogP contribution in [0.15, 0.2) is 42.5 Å². The molecule has 31 heavy (non-hydrogen) atoms. The van der Waals surface area contributed by atoms with E-state index in [9.17, 15) is 9.59 Å². The monoisotopic (exact) mass is 443 g/mol. The number of anilines is 2. The van der Waals surface area contributed by atoms with Crippen molar-refractivity contribution in [3.05, 3.63) is 58.6 Å². The first-order chi connectivity index (χ1) is 14.5. The van der Waals surface area contributed by atoms with E-state index in [4.69, 9.17) is 11.6 Å². The highest BCUT2D eigenvalue weighted by molar-refractivity contribution is 6.34. The molecule has 2 aromatic carbocycles. The molecule has 0 saturated heterocycles. The van der Waals surface area contributed by atoms with E-state index in [1.54, 1.807) is 24.3 Å². The van der Waals surface area contributed by atoms with Crippen LogP contribution in [0.1, 0.15) is 50.5 Å². The Hall–Kier alpha value is -2.53. The normalized spacial score (nSPS) is 12.1. The first-order valence-corrected chi connectivity index (χ1v) is 11.1. The van der Waals surface area contributed by atoms with Crippen molar-refractivity contribution in [2.75, 3.05) is 24.3 Å². The molecule has 1 N–H and O–H groups in total. The molecule has 6 heteroatoms. The molecule has 0 bridgehead atoms. The van der Waals surface area contributed by atoms with E-state index >= 15 is 0 Å². The lowest BCUT2D eigenvalue weighted by Gasteiger charge is -2.34. The second-order valence-electron chi connectivity index (χ2n) is 8.78. The largest absolute Gasteiger partial charge is 0.377 e. The van der Waals surface area contributed by atoms with Gasteiger partial charge in [0.15, 0.2) is 0 Å². The Balaban J connectivity index is 2.39. The molecule has 5 nitrogen and oxygen atoms in total. The summed E-state index contributed by atoms with van der Waals surface area (Å²) in [5.74, 6) is 0.0944. The lowest BCUT2D eigenvalue weighted by molar-refractivity contribution is -0.138. The zero-order valence-corrected chi connectivity index (χ0v) is 20.3. The minimum absolute atomic E-state index is 0.0892. The van der Waals surface area contributed by atoms with Gasteiger partial charge in [-0.1, -0.05) is 51.4 Å². The van der Waals surface area contributed by atoms with Crippen LogP contribution in [0.3, 0.4) is 0 Å². The average molecular weight is 444 g/mol. The molecule has 2 rings (SSSR count). The maximum absolute atomic E-state index is 13.0. The third-order valence-corrected chi connectivity index (χ3v) is 5.84. The lowest BCUT2D eigenvalue weighted by atomic mass is 10.0. The zero-order chi connectivity index (χ0) is 23.3. The summed E-state index contributed by atoms with van der Waals surface area (Å²) in [5.41, 5.74) is 3.07. The quantitative estimate of drug-likeness (QED) is 0.570. The van der Waals surface area contributed by atoms with Gasteiger partial charge >= 0.3 is 0 Å². The van der Waals surface area contributed by atoms with Crippen LogP contribution in [0.25, 0.3) is 0 Å². The number of hydrogen-bond donors (Lipinski definition) is 1. The summed E-state index contributed by atoms with van der Waals surface area (Å²) in [5, 5.41) is 3.34. The van der Waals surface area contributed by atoms with E-state index < -0.39 is 0 Å². The van der Waals surface area contributed by atoms with Gasteiger partial charge in [-0.05, 0) is 48.7 Å². The Kier molecular flexibility index (Phi) is 8.52. The molecule has 168 valence electrons. The highest BCUT2D eigenvalue weighted by atomic mass is 35.5. The Morgan fingerprint density at radius 1 is 1.00 bits per heavy atom. The van der Waals surface area contributed by atoms with Crippen LogP contribution in [0, 0.1) is 11.8 Å². The summed E-state index contributed by atoms with van der Waals surface area (Å²) >= 11 is 6.17. The minimum atomic E-state index is -0.264. The molecule has 2 amide bonds. The van der Waals surface area contributed by atoms with Crippen LogP contribution in [0.5, 0.6) is 0 Å². The second-order valence-corrected chi connectivity index (χ2v) is 9.18. The van der Waals surface area contributed by atoms with Gasteiger partial charge in [-0.15, -0.1) is 0 Å². The van der Waals surface area contributed by atoms with Gasteiger partial charge in [0.2, 0.25) is 5.91 Å². The number of nitrogens with zero attached hydrogens (tertiary/aromatic N) is 2. The van der Waals surface area contributed by atoms with Crippen molar-refractivity contribution in [1.82, 2.24) is 4.90 Å². The number of carbonyl (C=O) groups excluding carboxylic acids is 2. The summed E-state index contributed by atoms with van der Waals surface area (Å²) in [4.78, 5) is 29.7. The molecular weight excluding hydrogens is 410 g/mol. The molecule has 2 aromatic rings. The lowest BCUT2D eigenvalue weighted by Crippen LogP contribution is -2.43. The van der Waals surface area contributed by atoms with E-state index in [-0.39, 0.29) is 23.8 Å². The number of carbonyl (C=O) groups is 2. The van der Waals surface area contributed by atoms with Gasteiger partial charge in [0.05, 0.1) is 10.6 Å².